The van der Waals surface area contributed by atoms with Gasteiger partial charge in [-0.15, -0.1) is 0 Å². The van der Waals surface area contributed by atoms with E-state index < -0.39 is 0 Å². The van der Waals surface area contributed by atoms with Crippen LogP contribution in [0, 0.1) is 0 Å². The number of pyridine rings is 1. The minimum atomic E-state index is -0.198. The van der Waals surface area contributed by atoms with Gasteiger partial charge in [0.25, 0.3) is 5.91 Å². The molecule has 0 unspecified atom stereocenters. The molecule has 1 aromatic carbocycles. The van der Waals surface area contributed by atoms with Gasteiger partial charge in [-0.25, -0.2) is 0 Å². The van der Waals surface area contributed by atoms with Crippen molar-refractivity contribution in [3.05, 3.63) is 53.3 Å². The van der Waals surface area contributed by atoms with Crippen LogP contribution in [0.2, 0.25) is 5.02 Å². The summed E-state index contributed by atoms with van der Waals surface area (Å²) in [6.07, 6.45) is 4.62. The Hall–Kier alpha value is -2.60. The van der Waals surface area contributed by atoms with Crippen LogP contribution in [-0.4, -0.2) is 40.9 Å². The van der Waals surface area contributed by atoms with Gasteiger partial charge in [0.05, 0.1) is 17.4 Å². The summed E-state index contributed by atoms with van der Waals surface area (Å²) in [4.78, 5) is 29.6. The Labute approximate surface area is 157 Å². The Morgan fingerprint density at radius 1 is 1.19 bits per heavy atom. The average Bonchev–Trinajstić information content (AvgIpc) is 2.63. The van der Waals surface area contributed by atoms with Crippen LogP contribution >= 0.6 is 11.6 Å². The summed E-state index contributed by atoms with van der Waals surface area (Å²) in [5.41, 5.74) is 0.984. The predicted molar refractivity (Wildman–Crippen MR) is 99.5 cm³/mol. The molecule has 1 aliphatic rings. The third kappa shape index (κ3) is 4.73. The lowest BCUT2D eigenvalue weighted by Gasteiger charge is -2.32. The quantitative estimate of drug-likeness (QED) is 0.891. The van der Waals surface area contributed by atoms with Gasteiger partial charge >= 0.3 is 0 Å². The van der Waals surface area contributed by atoms with Gasteiger partial charge < -0.3 is 15.0 Å². The van der Waals surface area contributed by atoms with Crippen molar-refractivity contribution in [2.24, 2.45) is 0 Å². The molecular weight excluding hydrogens is 354 g/mol. The van der Waals surface area contributed by atoms with Crippen molar-refractivity contribution in [1.29, 1.82) is 0 Å². The van der Waals surface area contributed by atoms with E-state index in [1.807, 2.05) is 12.1 Å². The standard InChI is InChI=1S/C19H20ClN3O3/c1-13(24)22-16-10-14(11-21-12-16)19(25)23-8-6-18(7-9-23)26-17-4-2-15(20)3-5-17/h2-5,10-12,18H,6-9H2,1H3,(H,22,24). The van der Waals surface area contributed by atoms with E-state index in [0.29, 0.717) is 29.4 Å². The fraction of sp³-hybridized carbons (Fsp3) is 0.316. The Bertz CT molecular complexity index is 787. The highest BCUT2D eigenvalue weighted by Crippen LogP contribution is 2.22. The summed E-state index contributed by atoms with van der Waals surface area (Å²) in [5.74, 6) is 0.498. The minimum absolute atomic E-state index is 0.0732. The highest BCUT2D eigenvalue weighted by molar-refractivity contribution is 6.30. The number of amides is 2. The summed E-state index contributed by atoms with van der Waals surface area (Å²) >= 11 is 5.88. The van der Waals surface area contributed by atoms with Crippen molar-refractivity contribution in [3.63, 3.8) is 0 Å². The van der Waals surface area contributed by atoms with Crippen molar-refractivity contribution in [2.75, 3.05) is 18.4 Å². The molecule has 1 aromatic heterocycles. The Morgan fingerprint density at radius 3 is 2.54 bits per heavy atom. The maximum absolute atomic E-state index is 12.7. The molecule has 26 heavy (non-hydrogen) atoms. The molecule has 0 spiro atoms. The molecule has 1 saturated heterocycles. The lowest BCUT2D eigenvalue weighted by atomic mass is 10.1. The molecule has 0 aliphatic carbocycles. The van der Waals surface area contributed by atoms with Crippen molar-refractivity contribution in [1.82, 2.24) is 9.88 Å². The number of carbonyl (C=O) groups is 2. The number of nitrogens with one attached hydrogen (secondary N) is 1. The molecule has 2 heterocycles. The molecule has 0 atom stereocenters. The zero-order valence-corrected chi connectivity index (χ0v) is 15.2. The molecule has 2 amide bonds. The second kappa shape index (κ2) is 8.19. The summed E-state index contributed by atoms with van der Waals surface area (Å²) in [5, 5.41) is 3.31. The zero-order valence-electron chi connectivity index (χ0n) is 14.4. The fourth-order valence-electron chi connectivity index (χ4n) is 2.89. The number of carbonyl (C=O) groups excluding carboxylic acids is 2. The number of hydrogen-bond acceptors (Lipinski definition) is 4. The van der Waals surface area contributed by atoms with E-state index >= 15 is 0 Å². The number of likely N-dealkylation sites (tertiary alicyclic amines) is 1. The van der Waals surface area contributed by atoms with E-state index in [4.69, 9.17) is 16.3 Å². The first kappa shape index (κ1) is 18.2. The van der Waals surface area contributed by atoms with E-state index in [1.165, 1.54) is 19.3 Å². The monoisotopic (exact) mass is 373 g/mol. The number of anilines is 1. The first-order chi connectivity index (χ1) is 12.5. The lowest BCUT2D eigenvalue weighted by molar-refractivity contribution is -0.114. The van der Waals surface area contributed by atoms with Gasteiger partial charge in [-0.05, 0) is 30.3 Å². The highest BCUT2D eigenvalue weighted by atomic mass is 35.5. The third-order valence-electron chi connectivity index (χ3n) is 4.15. The molecule has 1 fully saturated rings. The molecule has 0 bridgehead atoms. The molecule has 136 valence electrons. The largest absolute Gasteiger partial charge is 0.490 e. The minimum Gasteiger partial charge on any atom is -0.490 e. The normalized spacial score (nSPS) is 14.8. The van der Waals surface area contributed by atoms with Crippen LogP contribution in [0.4, 0.5) is 5.69 Å². The van der Waals surface area contributed by atoms with Crippen molar-refractivity contribution in [2.45, 2.75) is 25.9 Å². The van der Waals surface area contributed by atoms with Crippen LogP contribution in [0.15, 0.2) is 42.7 Å². The first-order valence-electron chi connectivity index (χ1n) is 8.45. The van der Waals surface area contributed by atoms with Crippen LogP contribution < -0.4 is 10.1 Å². The van der Waals surface area contributed by atoms with E-state index in [1.54, 1.807) is 23.1 Å². The molecule has 0 saturated carbocycles. The highest BCUT2D eigenvalue weighted by Gasteiger charge is 2.25. The van der Waals surface area contributed by atoms with Crippen molar-refractivity contribution < 1.29 is 14.3 Å². The Morgan fingerprint density at radius 2 is 1.88 bits per heavy atom. The van der Waals surface area contributed by atoms with Crippen LogP contribution in [0.5, 0.6) is 5.75 Å². The average molecular weight is 374 g/mol. The molecule has 0 radical (unpaired) electrons. The Kier molecular flexibility index (Phi) is 5.73. The van der Waals surface area contributed by atoms with Crippen LogP contribution in [0.25, 0.3) is 0 Å². The summed E-state index contributed by atoms with van der Waals surface area (Å²) in [7, 11) is 0. The third-order valence-corrected chi connectivity index (χ3v) is 4.40. The van der Waals surface area contributed by atoms with Crippen molar-refractivity contribution >= 4 is 29.1 Å². The zero-order chi connectivity index (χ0) is 18.5. The number of ether oxygens (including phenoxy) is 1. The molecular formula is C19H20ClN3O3. The van der Waals surface area contributed by atoms with Gasteiger partial charge in [0.1, 0.15) is 11.9 Å². The molecule has 3 rings (SSSR count). The van der Waals surface area contributed by atoms with E-state index in [9.17, 15) is 9.59 Å². The number of benzene rings is 1. The van der Waals surface area contributed by atoms with Crippen LogP contribution in [-0.2, 0) is 4.79 Å². The number of aromatic nitrogens is 1. The molecule has 6 nitrogen and oxygen atoms in total. The molecule has 1 aliphatic heterocycles. The SMILES string of the molecule is CC(=O)Nc1cncc(C(=O)N2CCC(Oc3ccc(Cl)cc3)CC2)c1. The number of piperidine rings is 1. The number of hydrogen-bond donors (Lipinski definition) is 1. The van der Waals surface area contributed by atoms with Crippen LogP contribution in [0.1, 0.15) is 30.1 Å². The van der Waals surface area contributed by atoms with Gasteiger partial charge in [0, 0.05) is 44.1 Å². The summed E-state index contributed by atoms with van der Waals surface area (Å²) in [6.45, 7) is 2.64. The smallest absolute Gasteiger partial charge is 0.255 e. The lowest BCUT2D eigenvalue weighted by Crippen LogP contribution is -2.41. The second-order valence-electron chi connectivity index (χ2n) is 6.21. The van der Waals surface area contributed by atoms with Gasteiger partial charge in [-0.2, -0.15) is 0 Å². The molecule has 2 aromatic rings. The number of nitrogens with zero attached hydrogens (tertiary/aromatic N) is 2. The second-order valence-corrected chi connectivity index (χ2v) is 6.64. The molecule has 7 heteroatoms. The first-order valence-corrected chi connectivity index (χ1v) is 8.83. The van der Waals surface area contributed by atoms with Gasteiger partial charge in [-0.1, -0.05) is 11.6 Å². The topological polar surface area (TPSA) is 71.5 Å². The van der Waals surface area contributed by atoms with Gasteiger partial charge in [0.2, 0.25) is 5.91 Å². The van der Waals surface area contributed by atoms with E-state index in [0.717, 1.165) is 18.6 Å². The predicted octanol–water partition coefficient (Wildman–Crippen LogP) is 3.38. The van der Waals surface area contributed by atoms with E-state index in [-0.39, 0.29) is 17.9 Å². The number of rotatable bonds is 4. The number of halogens is 1. The van der Waals surface area contributed by atoms with Gasteiger partial charge in [0.15, 0.2) is 0 Å². The Balaban J connectivity index is 1.56. The van der Waals surface area contributed by atoms with Crippen molar-refractivity contribution in [3.8, 4) is 5.75 Å². The van der Waals surface area contributed by atoms with Crippen LogP contribution in [0.3, 0.4) is 0 Å². The summed E-state index contributed by atoms with van der Waals surface area (Å²) in [6, 6.07) is 8.93. The summed E-state index contributed by atoms with van der Waals surface area (Å²) < 4.78 is 5.95. The maximum Gasteiger partial charge on any atom is 0.255 e. The van der Waals surface area contributed by atoms with Gasteiger partial charge in [-0.3, -0.25) is 14.6 Å². The fourth-order valence-corrected chi connectivity index (χ4v) is 3.02. The van der Waals surface area contributed by atoms with E-state index in [2.05, 4.69) is 10.3 Å². The maximum atomic E-state index is 12.7. The molecule has 1 N–H and O–H groups in total.